The van der Waals surface area contributed by atoms with E-state index < -0.39 is 5.54 Å². The van der Waals surface area contributed by atoms with Crippen LogP contribution in [0, 0.1) is 5.21 Å². The van der Waals surface area contributed by atoms with Crippen LogP contribution in [-0.2, 0) is 0 Å². The van der Waals surface area contributed by atoms with Gasteiger partial charge in [0, 0.05) is 26.2 Å². The van der Waals surface area contributed by atoms with Crippen LogP contribution in [0.1, 0.15) is 26.5 Å². The molecule has 0 fully saturated rings. The van der Waals surface area contributed by atoms with Crippen molar-refractivity contribution in [3.63, 3.8) is 0 Å². The highest BCUT2D eigenvalue weighted by Crippen LogP contribution is 2.11. The summed E-state index contributed by atoms with van der Waals surface area (Å²) >= 11 is 0. The van der Waals surface area contributed by atoms with Gasteiger partial charge >= 0.3 is 0 Å². The Morgan fingerprint density at radius 1 is 1.12 bits per heavy atom. The van der Waals surface area contributed by atoms with Crippen molar-refractivity contribution in [1.29, 1.82) is 0 Å². The van der Waals surface area contributed by atoms with Gasteiger partial charge in [-0.2, -0.15) is 0 Å². The van der Waals surface area contributed by atoms with E-state index in [2.05, 4.69) is 4.98 Å². The van der Waals surface area contributed by atoms with E-state index in [0.717, 1.165) is 15.6 Å². The highest BCUT2D eigenvalue weighted by atomic mass is 16.5. The van der Waals surface area contributed by atoms with E-state index in [9.17, 15) is 5.21 Å². The number of nitrogens with zero attached hydrogens (tertiary/aromatic N) is 2. The molecule has 1 heterocycles. The molecule has 0 radical (unpaired) electrons. The molecule has 0 N–H and O–H groups in total. The SMILES string of the molecule is CC(C)(C)[N+]([O-])=Cc1ccc2ccccc2n1. The normalized spacial score (nSPS) is 13.0. The predicted molar refractivity (Wildman–Crippen MR) is 70.3 cm³/mol. The molecule has 0 aliphatic heterocycles. The summed E-state index contributed by atoms with van der Waals surface area (Å²) in [7, 11) is 0. The van der Waals surface area contributed by atoms with Crippen LogP contribution < -0.4 is 0 Å². The number of hydrogen-bond acceptors (Lipinski definition) is 2. The first kappa shape index (κ1) is 11.6. The van der Waals surface area contributed by atoms with Crippen molar-refractivity contribution >= 4 is 17.1 Å². The summed E-state index contributed by atoms with van der Waals surface area (Å²) in [6.07, 6.45) is 1.53. The quantitative estimate of drug-likeness (QED) is 0.326. The molecule has 0 spiro atoms. The van der Waals surface area contributed by atoms with Crippen LogP contribution in [0.5, 0.6) is 0 Å². The van der Waals surface area contributed by atoms with Crippen LogP contribution in [0.3, 0.4) is 0 Å². The molecule has 0 atom stereocenters. The smallest absolute Gasteiger partial charge is 0.200 e. The summed E-state index contributed by atoms with van der Waals surface area (Å²) in [5.74, 6) is 0. The number of benzene rings is 1. The van der Waals surface area contributed by atoms with E-state index in [4.69, 9.17) is 0 Å². The van der Waals surface area contributed by atoms with Gasteiger partial charge in [0.2, 0.25) is 6.21 Å². The molecule has 0 aliphatic carbocycles. The third-order valence-corrected chi connectivity index (χ3v) is 2.53. The lowest BCUT2D eigenvalue weighted by Crippen LogP contribution is -2.29. The lowest BCUT2D eigenvalue weighted by atomic mass is 10.1. The molecule has 17 heavy (non-hydrogen) atoms. The van der Waals surface area contributed by atoms with Crippen molar-refractivity contribution in [2.45, 2.75) is 26.3 Å². The topological polar surface area (TPSA) is 39.0 Å². The minimum atomic E-state index is -0.437. The van der Waals surface area contributed by atoms with Crippen LogP contribution in [0.15, 0.2) is 36.4 Å². The van der Waals surface area contributed by atoms with Crippen LogP contribution in [0.25, 0.3) is 10.9 Å². The van der Waals surface area contributed by atoms with Crippen molar-refractivity contribution in [3.05, 3.63) is 47.3 Å². The van der Waals surface area contributed by atoms with Crippen LogP contribution in [0.4, 0.5) is 0 Å². The molecular weight excluding hydrogens is 212 g/mol. The van der Waals surface area contributed by atoms with Gasteiger partial charge in [0.25, 0.3) is 0 Å². The maximum absolute atomic E-state index is 11.8. The molecule has 2 aromatic rings. The molecular formula is C14H16N2O. The molecule has 0 saturated heterocycles. The van der Waals surface area contributed by atoms with Crippen molar-refractivity contribution < 1.29 is 4.74 Å². The highest BCUT2D eigenvalue weighted by molar-refractivity contribution is 5.83. The lowest BCUT2D eigenvalue weighted by molar-refractivity contribution is -0.530. The molecule has 1 aromatic heterocycles. The van der Waals surface area contributed by atoms with Crippen molar-refractivity contribution in [1.82, 2.24) is 4.98 Å². The van der Waals surface area contributed by atoms with Gasteiger partial charge < -0.3 is 5.21 Å². The van der Waals surface area contributed by atoms with E-state index in [1.165, 1.54) is 6.21 Å². The van der Waals surface area contributed by atoms with E-state index in [-0.39, 0.29) is 0 Å². The number of para-hydroxylation sites is 1. The van der Waals surface area contributed by atoms with E-state index >= 15 is 0 Å². The minimum absolute atomic E-state index is 0.437. The molecule has 3 nitrogen and oxygen atoms in total. The highest BCUT2D eigenvalue weighted by Gasteiger charge is 2.18. The average Bonchev–Trinajstić information content (AvgIpc) is 2.27. The Morgan fingerprint density at radius 3 is 2.53 bits per heavy atom. The number of hydroxylamine groups is 1. The predicted octanol–water partition coefficient (Wildman–Crippen LogP) is 2.96. The van der Waals surface area contributed by atoms with Crippen molar-refractivity contribution in [2.24, 2.45) is 0 Å². The summed E-state index contributed by atoms with van der Waals surface area (Å²) in [4.78, 5) is 4.43. The van der Waals surface area contributed by atoms with Gasteiger partial charge in [-0.25, -0.2) is 9.72 Å². The Hall–Kier alpha value is -1.90. The maximum atomic E-state index is 11.8. The Labute approximate surface area is 101 Å². The van der Waals surface area contributed by atoms with E-state index in [0.29, 0.717) is 5.69 Å². The van der Waals surface area contributed by atoms with Crippen molar-refractivity contribution in [2.75, 3.05) is 0 Å². The second kappa shape index (κ2) is 4.17. The molecule has 1 aromatic carbocycles. The van der Waals surface area contributed by atoms with Gasteiger partial charge in [-0.15, -0.1) is 0 Å². The zero-order chi connectivity index (χ0) is 12.5. The molecule has 2 rings (SSSR count). The van der Waals surface area contributed by atoms with E-state index in [1.54, 1.807) is 0 Å². The standard InChI is InChI=1S/C14H16N2O/c1-14(2,3)16(17)10-12-9-8-11-6-4-5-7-13(11)15-12/h4-10H,1-3H3. The third-order valence-electron chi connectivity index (χ3n) is 2.53. The first-order valence-electron chi connectivity index (χ1n) is 5.64. The van der Waals surface area contributed by atoms with Crippen LogP contribution >= 0.6 is 0 Å². The number of aromatic nitrogens is 1. The Bertz CT molecular complexity index is 568. The monoisotopic (exact) mass is 228 g/mol. The first-order valence-corrected chi connectivity index (χ1v) is 5.64. The molecule has 88 valence electrons. The Balaban J connectivity index is 2.44. The number of rotatable bonds is 1. The second-order valence-corrected chi connectivity index (χ2v) is 5.05. The molecule has 0 unspecified atom stereocenters. The molecule has 0 bridgehead atoms. The average molecular weight is 228 g/mol. The van der Waals surface area contributed by atoms with Crippen LogP contribution in [0.2, 0.25) is 0 Å². The van der Waals surface area contributed by atoms with Crippen molar-refractivity contribution in [3.8, 4) is 0 Å². The maximum Gasteiger partial charge on any atom is 0.200 e. The minimum Gasteiger partial charge on any atom is -0.623 e. The van der Waals surface area contributed by atoms with Gasteiger partial charge in [0.15, 0.2) is 5.54 Å². The van der Waals surface area contributed by atoms with Gasteiger partial charge in [-0.1, -0.05) is 24.3 Å². The zero-order valence-corrected chi connectivity index (χ0v) is 10.3. The summed E-state index contributed by atoms with van der Waals surface area (Å²) in [5, 5.41) is 12.9. The Kier molecular flexibility index (Phi) is 2.84. The second-order valence-electron chi connectivity index (χ2n) is 5.05. The van der Waals surface area contributed by atoms with Gasteiger partial charge in [-0.3, -0.25) is 0 Å². The summed E-state index contributed by atoms with van der Waals surface area (Å²) < 4.78 is 0.935. The number of pyridine rings is 1. The fourth-order valence-corrected chi connectivity index (χ4v) is 1.47. The lowest BCUT2D eigenvalue weighted by Gasteiger charge is -2.18. The van der Waals surface area contributed by atoms with E-state index in [1.807, 2.05) is 57.2 Å². The first-order chi connectivity index (χ1) is 7.97. The largest absolute Gasteiger partial charge is 0.623 e. The third kappa shape index (κ3) is 2.61. The fraction of sp³-hybridized carbons (Fsp3) is 0.286. The fourth-order valence-electron chi connectivity index (χ4n) is 1.47. The molecule has 0 aliphatic rings. The summed E-state index contributed by atoms with van der Waals surface area (Å²) in [6, 6.07) is 11.7. The van der Waals surface area contributed by atoms with Crippen LogP contribution in [-0.4, -0.2) is 21.5 Å². The van der Waals surface area contributed by atoms with Gasteiger partial charge in [-0.05, 0) is 12.1 Å². The molecule has 0 amide bonds. The van der Waals surface area contributed by atoms with Gasteiger partial charge in [0.1, 0.15) is 5.69 Å². The zero-order valence-electron chi connectivity index (χ0n) is 10.3. The summed E-state index contributed by atoms with van der Waals surface area (Å²) in [5.41, 5.74) is 1.16. The molecule has 3 heteroatoms. The molecule has 0 saturated carbocycles. The number of hydrogen-bond donors (Lipinski definition) is 0. The Morgan fingerprint density at radius 2 is 1.82 bits per heavy atom. The van der Waals surface area contributed by atoms with Gasteiger partial charge in [0.05, 0.1) is 5.52 Å². The number of fused-ring (bicyclic) bond motifs is 1. The summed E-state index contributed by atoms with van der Waals surface area (Å²) in [6.45, 7) is 5.62.